The van der Waals surface area contributed by atoms with E-state index in [2.05, 4.69) is 16.0 Å². The fraction of sp³-hybridized carbons (Fsp3) is 0.130. The van der Waals surface area contributed by atoms with Crippen molar-refractivity contribution in [2.24, 2.45) is 0 Å². The molecule has 6 heteroatoms. The molecule has 0 unspecified atom stereocenters. The lowest BCUT2D eigenvalue weighted by molar-refractivity contribution is 0.0951. The van der Waals surface area contributed by atoms with Gasteiger partial charge >= 0.3 is 6.03 Å². The fourth-order valence-electron chi connectivity index (χ4n) is 2.79. The lowest BCUT2D eigenvalue weighted by Gasteiger charge is -2.10. The van der Waals surface area contributed by atoms with E-state index in [-0.39, 0.29) is 11.9 Å². The van der Waals surface area contributed by atoms with E-state index in [1.807, 2.05) is 54.6 Å². The number of hydrogen-bond acceptors (Lipinski definition) is 2. The van der Waals surface area contributed by atoms with E-state index < -0.39 is 0 Å². The predicted octanol–water partition coefficient (Wildman–Crippen LogP) is 4.27. The molecule has 3 N–H and O–H groups in total. The molecule has 0 aromatic heterocycles. The highest BCUT2D eigenvalue weighted by Gasteiger charge is 2.06. The number of carbonyl (C=O) groups excluding carboxylic acids is 2. The van der Waals surface area contributed by atoms with Crippen LogP contribution >= 0.6 is 11.6 Å². The van der Waals surface area contributed by atoms with Crippen LogP contribution in [0.3, 0.4) is 0 Å². The minimum atomic E-state index is -0.228. The summed E-state index contributed by atoms with van der Waals surface area (Å²) < 4.78 is 0. The molecule has 0 spiro atoms. The molecule has 0 saturated heterocycles. The van der Waals surface area contributed by atoms with Crippen molar-refractivity contribution >= 4 is 23.5 Å². The molecule has 3 aromatic rings. The quantitative estimate of drug-likeness (QED) is 0.547. The van der Waals surface area contributed by atoms with E-state index in [9.17, 15) is 9.59 Å². The SMILES string of the molecule is O=C(NCc1ccccc1)NCc1cccc(CNC(=O)c2cccc(Cl)c2)c1. The first-order chi connectivity index (χ1) is 14.1. The summed E-state index contributed by atoms with van der Waals surface area (Å²) >= 11 is 5.92. The molecule has 3 amide bonds. The van der Waals surface area contributed by atoms with Crippen LogP contribution in [0.1, 0.15) is 27.0 Å². The van der Waals surface area contributed by atoms with Crippen LogP contribution in [0.2, 0.25) is 5.02 Å². The van der Waals surface area contributed by atoms with E-state index in [0.717, 1.165) is 16.7 Å². The van der Waals surface area contributed by atoms with Gasteiger partial charge in [0.15, 0.2) is 0 Å². The van der Waals surface area contributed by atoms with Crippen molar-refractivity contribution < 1.29 is 9.59 Å². The third-order valence-electron chi connectivity index (χ3n) is 4.28. The van der Waals surface area contributed by atoms with Crippen LogP contribution < -0.4 is 16.0 Å². The number of carbonyl (C=O) groups is 2. The second-order valence-corrected chi connectivity index (χ2v) is 6.97. The normalized spacial score (nSPS) is 10.2. The summed E-state index contributed by atoms with van der Waals surface area (Å²) in [5.74, 6) is -0.184. The van der Waals surface area contributed by atoms with Crippen molar-refractivity contribution in [3.05, 3.63) is 106 Å². The summed E-state index contributed by atoms with van der Waals surface area (Å²) in [5, 5.41) is 9.07. The van der Waals surface area contributed by atoms with Crippen molar-refractivity contribution in [2.75, 3.05) is 0 Å². The van der Waals surface area contributed by atoms with Crippen LogP contribution in [0.15, 0.2) is 78.9 Å². The molecular weight excluding hydrogens is 386 g/mol. The topological polar surface area (TPSA) is 70.2 Å². The molecule has 0 radical (unpaired) electrons. The first kappa shape index (κ1) is 20.4. The number of hydrogen-bond donors (Lipinski definition) is 3. The zero-order valence-corrected chi connectivity index (χ0v) is 16.6. The van der Waals surface area contributed by atoms with Gasteiger partial charge in [-0.3, -0.25) is 4.79 Å². The van der Waals surface area contributed by atoms with Gasteiger partial charge in [0, 0.05) is 30.2 Å². The Bertz CT molecular complexity index is 977. The minimum absolute atomic E-state index is 0.184. The largest absolute Gasteiger partial charge is 0.348 e. The Morgan fingerprint density at radius 2 is 1.24 bits per heavy atom. The molecule has 0 fully saturated rings. The van der Waals surface area contributed by atoms with Gasteiger partial charge in [0.1, 0.15) is 0 Å². The van der Waals surface area contributed by atoms with Crippen molar-refractivity contribution in [2.45, 2.75) is 19.6 Å². The number of urea groups is 1. The molecule has 3 rings (SSSR count). The minimum Gasteiger partial charge on any atom is -0.348 e. The summed E-state index contributed by atoms with van der Waals surface area (Å²) in [7, 11) is 0. The van der Waals surface area contributed by atoms with Gasteiger partial charge in [-0.2, -0.15) is 0 Å². The number of rotatable bonds is 7. The van der Waals surface area contributed by atoms with E-state index in [1.165, 1.54) is 0 Å². The second-order valence-electron chi connectivity index (χ2n) is 6.53. The molecule has 0 aliphatic carbocycles. The zero-order valence-electron chi connectivity index (χ0n) is 15.8. The second kappa shape index (κ2) is 10.3. The average Bonchev–Trinajstić information content (AvgIpc) is 2.75. The summed E-state index contributed by atoms with van der Waals surface area (Å²) in [6.45, 7) is 1.26. The smallest absolute Gasteiger partial charge is 0.315 e. The molecule has 0 atom stereocenters. The van der Waals surface area contributed by atoms with Gasteiger partial charge in [0.05, 0.1) is 0 Å². The third-order valence-corrected chi connectivity index (χ3v) is 4.52. The lowest BCUT2D eigenvalue weighted by atomic mass is 10.1. The fourth-order valence-corrected chi connectivity index (χ4v) is 2.98. The Labute approximate surface area is 175 Å². The number of nitrogens with one attached hydrogen (secondary N) is 3. The van der Waals surface area contributed by atoms with Crippen molar-refractivity contribution in [1.82, 2.24) is 16.0 Å². The van der Waals surface area contributed by atoms with Crippen LogP contribution in [0.5, 0.6) is 0 Å². The molecule has 3 aromatic carbocycles. The molecule has 0 aliphatic heterocycles. The van der Waals surface area contributed by atoms with E-state index in [1.54, 1.807) is 24.3 Å². The van der Waals surface area contributed by atoms with Gasteiger partial charge in [0.25, 0.3) is 5.91 Å². The van der Waals surface area contributed by atoms with Crippen LogP contribution in [-0.4, -0.2) is 11.9 Å². The van der Waals surface area contributed by atoms with Crippen molar-refractivity contribution in [3.8, 4) is 0 Å². The van der Waals surface area contributed by atoms with E-state index in [0.29, 0.717) is 30.2 Å². The molecule has 148 valence electrons. The molecule has 0 heterocycles. The Balaban J connectivity index is 1.46. The van der Waals surface area contributed by atoms with Gasteiger partial charge in [-0.15, -0.1) is 0 Å². The first-order valence-electron chi connectivity index (χ1n) is 9.27. The molecule has 0 bridgehead atoms. The maximum absolute atomic E-state index is 12.2. The highest BCUT2D eigenvalue weighted by Crippen LogP contribution is 2.11. The molecular formula is C23H22ClN3O2. The van der Waals surface area contributed by atoms with Crippen molar-refractivity contribution in [3.63, 3.8) is 0 Å². The van der Waals surface area contributed by atoms with E-state index >= 15 is 0 Å². The van der Waals surface area contributed by atoms with Gasteiger partial charge in [-0.1, -0.05) is 72.3 Å². The van der Waals surface area contributed by atoms with Crippen LogP contribution in [0, 0.1) is 0 Å². The number of amides is 3. The number of halogens is 1. The van der Waals surface area contributed by atoms with Crippen LogP contribution in [0.4, 0.5) is 4.79 Å². The highest BCUT2D eigenvalue weighted by molar-refractivity contribution is 6.30. The molecule has 0 aliphatic rings. The maximum atomic E-state index is 12.2. The Morgan fingerprint density at radius 3 is 1.93 bits per heavy atom. The maximum Gasteiger partial charge on any atom is 0.315 e. The molecule has 0 saturated carbocycles. The van der Waals surface area contributed by atoms with Gasteiger partial charge in [-0.25, -0.2) is 4.79 Å². The Kier molecular flexibility index (Phi) is 7.25. The van der Waals surface area contributed by atoms with Gasteiger partial charge in [0.2, 0.25) is 0 Å². The lowest BCUT2D eigenvalue weighted by Crippen LogP contribution is -2.34. The van der Waals surface area contributed by atoms with Gasteiger partial charge < -0.3 is 16.0 Å². The standard InChI is InChI=1S/C23H22ClN3O2/c24-21-11-5-10-20(13-21)22(28)25-15-18-8-4-9-19(12-18)16-27-23(29)26-14-17-6-2-1-3-7-17/h1-13H,14-16H2,(H,25,28)(H2,26,27,29). The van der Waals surface area contributed by atoms with Crippen molar-refractivity contribution in [1.29, 1.82) is 0 Å². The first-order valence-corrected chi connectivity index (χ1v) is 9.65. The average molecular weight is 408 g/mol. The third kappa shape index (κ3) is 6.66. The van der Waals surface area contributed by atoms with Gasteiger partial charge in [-0.05, 0) is 34.9 Å². The Morgan fingerprint density at radius 1 is 0.655 bits per heavy atom. The van der Waals surface area contributed by atoms with Crippen LogP contribution in [-0.2, 0) is 19.6 Å². The Hall–Kier alpha value is -3.31. The zero-order chi connectivity index (χ0) is 20.5. The van der Waals surface area contributed by atoms with Crippen LogP contribution in [0.25, 0.3) is 0 Å². The summed E-state index contributed by atoms with van der Waals surface area (Å²) in [4.78, 5) is 24.2. The predicted molar refractivity (Wildman–Crippen MR) is 115 cm³/mol. The highest BCUT2D eigenvalue weighted by atomic mass is 35.5. The summed E-state index contributed by atoms with van der Waals surface area (Å²) in [6.07, 6.45) is 0. The monoisotopic (exact) mass is 407 g/mol. The molecule has 5 nitrogen and oxygen atoms in total. The summed E-state index contributed by atoms with van der Waals surface area (Å²) in [6, 6.07) is 24.0. The number of benzene rings is 3. The van der Waals surface area contributed by atoms with E-state index in [4.69, 9.17) is 11.6 Å². The molecule has 29 heavy (non-hydrogen) atoms. The summed E-state index contributed by atoms with van der Waals surface area (Å²) in [5.41, 5.74) is 3.46.